The first-order chi connectivity index (χ1) is 9.66. The molecule has 2 aromatic rings. The molecule has 7 nitrogen and oxygen atoms in total. The van der Waals surface area contributed by atoms with Crippen LogP contribution in [-0.2, 0) is 11.4 Å². The van der Waals surface area contributed by atoms with Gasteiger partial charge < -0.3 is 10.0 Å². The Kier molecular flexibility index (Phi) is 4.23. The van der Waals surface area contributed by atoms with Crippen LogP contribution in [0.3, 0.4) is 0 Å². The Morgan fingerprint density at radius 1 is 0.950 bits per heavy atom. The van der Waals surface area contributed by atoms with E-state index in [1.807, 2.05) is 0 Å². The van der Waals surface area contributed by atoms with Gasteiger partial charge >= 0.3 is 0 Å². The molecule has 0 spiro atoms. The molecule has 0 saturated heterocycles. The molecule has 0 amide bonds. The maximum atomic E-state index is 11.5. The Morgan fingerprint density at radius 2 is 1.60 bits per heavy atom. The molecule has 2 aromatic carbocycles. The molecule has 0 unspecified atom stereocenters. The second-order valence-corrected chi connectivity index (χ2v) is 3.89. The van der Waals surface area contributed by atoms with Gasteiger partial charge in [-0.1, -0.05) is 18.2 Å². The van der Waals surface area contributed by atoms with E-state index in [-0.39, 0.29) is 12.3 Å². The van der Waals surface area contributed by atoms with E-state index in [4.69, 9.17) is 4.84 Å². The zero-order valence-corrected chi connectivity index (χ0v) is 10.4. The predicted octanol–water partition coefficient (Wildman–Crippen LogP) is 3.32. The van der Waals surface area contributed by atoms with Crippen LogP contribution < -0.4 is 0 Å². The highest BCUT2D eigenvalue weighted by Gasteiger charge is 2.05. The molecule has 0 bridgehead atoms. The second kappa shape index (κ2) is 6.28. The molecule has 2 rings (SSSR count). The van der Waals surface area contributed by atoms with Crippen molar-refractivity contribution in [2.75, 3.05) is 0 Å². The van der Waals surface area contributed by atoms with Crippen LogP contribution in [0.4, 0.5) is 11.4 Å². The molecule has 0 fully saturated rings. The number of nitro benzene ring substituents is 1. The number of benzene rings is 2. The zero-order chi connectivity index (χ0) is 14.4. The van der Waals surface area contributed by atoms with Gasteiger partial charge in [0, 0.05) is 24.3 Å². The fourth-order valence-electron chi connectivity index (χ4n) is 1.47. The molecule has 0 heterocycles. The normalized spacial score (nSPS) is 11.1. The first-order valence-corrected chi connectivity index (χ1v) is 5.75. The van der Waals surface area contributed by atoms with Crippen molar-refractivity contribution in [1.82, 2.24) is 0 Å². The van der Waals surface area contributed by atoms with Gasteiger partial charge in [0.15, 0.2) is 0 Å². The van der Waals surface area contributed by atoms with E-state index < -0.39 is 4.92 Å². The largest absolute Gasteiger partial charge is 0.592 e. The van der Waals surface area contributed by atoms with Crippen LogP contribution in [0.1, 0.15) is 5.56 Å². The van der Waals surface area contributed by atoms with Crippen LogP contribution >= 0.6 is 0 Å². The number of rotatable bonds is 5. The first kappa shape index (κ1) is 13.5. The minimum atomic E-state index is -0.482. The lowest BCUT2D eigenvalue weighted by Crippen LogP contribution is -1.95. The number of nitrogens with zero attached hydrogens (tertiary/aromatic N) is 3. The van der Waals surface area contributed by atoms with Crippen molar-refractivity contribution in [3.05, 3.63) is 75.5 Å². The van der Waals surface area contributed by atoms with E-state index >= 15 is 0 Å². The fraction of sp³-hybridized carbons (Fsp3) is 0.0769. The number of hydrogen-bond acceptors (Lipinski definition) is 5. The van der Waals surface area contributed by atoms with Gasteiger partial charge in [0.2, 0.25) is 11.0 Å². The van der Waals surface area contributed by atoms with Crippen molar-refractivity contribution in [2.24, 2.45) is 5.28 Å². The number of hydrogen-bond donors (Lipinski definition) is 0. The van der Waals surface area contributed by atoms with Crippen LogP contribution in [-0.4, -0.2) is 9.78 Å². The average molecular weight is 273 g/mol. The number of nitro groups is 1. The minimum Gasteiger partial charge on any atom is -0.592 e. The minimum absolute atomic E-state index is 0.000394. The molecule has 0 aromatic heterocycles. The SMILES string of the molecule is O=[N+]([O-])c1ccc(CO/N=[N+](\[O-])c2ccccc2)cc1. The third-order valence-electron chi connectivity index (χ3n) is 2.49. The van der Waals surface area contributed by atoms with Gasteiger partial charge in [-0.3, -0.25) is 10.1 Å². The van der Waals surface area contributed by atoms with Crippen molar-refractivity contribution in [3.63, 3.8) is 0 Å². The summed E-state index contributed by atoms with van der Waals surface area (Å²) in [5, 5.41) is 25.4. The number of para-hydroxylation sites is 1. The van der Waals surface area contributed by atoms with Crippen molar-refractivity contribution in [1.29, 1.82) is 0 Å². The van der Waals surface area contributed by atoms with Crippen molar-refractivity contribution >= 4 is 11.4 Å². The maximum absolute atomic E-state index is 11.5. The highest BCUT2D eigenvalue weighted by molar-refractivity contribution is 5.32. The van der Waals surface area contributed by atoms with Crippen LogP contribution in [0, 0.1) is 15.3 Å². The van der Waals surface area contributed by atoms with E-state index in [9.17, 15) is 15.3 Å². The van der Waals surface area contributed by atoms with Gasteiger partial charge in [-0.15, -0.1) is 0 Å². The first-order valence-electron chi connectivity index (χ1n) is 5.75. The van der Waals surface area contributed by atoms with Crippen LogP contribution in [0.25, 0.3) is 0 Å². The lowest BCUT2D eigenvalue weighted by molar-refractivity contribution is -0.480. The highest BCUT2D eigenvalue weighted by atomic mass is 16.7. The quantitative estimate of drug-likeness (QED) is 0.361. The summed E-state index contributed by atoms with van der Waals surface area (Å²) in [6.45, 7) is 0.0591. The highest BCUT2D eigenvalue weighted by Crippen LogP contribution is 2.13. The molecule has 102 valence electrons. The molecule has 0 aliphatic rings. The Labute approximate surface area is 114 Å². The Bertz CT molecular complexity index is 611. The van der Waals surface area contributed by atoms with E-state index in [0.717, 1.165) is 0 Å². The van der Waals surface area contributed by atoms with Gasteiger partial charge in [-0.05, 0) is 22.6 Å². The molecule has 0 radical (unpaired) electrons. The summed E-state index contributed by atoms with van der Waals surface area (Å²) in [5.74, 6) is 0. The lowest BCUT2D eigenvalue weighted by Gasteiger charge is -2.00. The summed E-state index contributed by atoms with van der Waals surface area (Å²) in [4.78, 5) is 15.3. The van der Waals surface area contributed by atoms with E-state index in [2.05, 4.69) is 5.28 Å². The van der Waals surface area contributed by atoms with Crippen LogP contribution in [0.2, 0.25) is 0 Å². The summed E-state index contributed by atoms with van der Waals surface area (Å²) in [6, 6.07) is 14.2. The van der Waals surface area contributed by atoms with Gasteiger partial charge in [0.25, 0.3) is 5.69 Å². The van der Waals surface area contributed by atoms with Crippen molar-refractivity contribution in [2.45, 2.75) is 6.61 Å². The molecule has 7 heteroatoms. The zero-order valence-electron chi connectivity index (χ0n) is 10.4. The molecule has 0 atom stereocenters. The molecule has 0 aliphatic carbocycles. The third kappa shape index (κ3) is 3.52. The molecule has 20 heavy (non-hydrogen) atoms. The van der Waals surface area contributed by atoms with Crippen molar-refractivity contribution in [3.8, 4) is 0 Å². The molecular formula is C13H11N3O4. The monoisotopic (exact) mass is 273 g/mol. The van der Waals surface area contributed by atoms with E-state index in [1.54, 1.807) is 42.5 Å². The van der Waals surface area contributed by atoms with E-state index in [0.29, 0.717) is 16.1 Å². The Hall–Kier alpha value is -2.96. The summed E-state index contributed by atoms with van der Waals surface area (Å²) < 4.78 is 0. The van der Waals surface area contributed by atoms with Gasteiger partial charge in [-0.25, -0.2) is 0 Å². The average Bonchev–Trinajstić information content (AvgIpc) is 2.48. The third-order valence-corrected chi connectivity index (χ3v) is 2.49. The topological polar surface area (TPSA) is 90.8 Å². The standard InChI is InChI=1S/C13H11N3O4/c17-15(12-4-2-1-3-5-12)14-20-10-11-6-8-13(9-7-11)16(18)19/h1-9H,10H2/b15-14-. The van der Waals surface area contributed by atoms with Crippen LogP contribution in [0.15, 0.2) is 59.9 Å². The second-order valence-electron chi connectivity index (χ2n) is 3.89. The smallest absolute Gasteiger partial charge is 0.269 e. The lowest BCUT2D eigenvalue weighted by atomic mass is 10.2. The van der Waals surface area contributed by atoms with Gasteiger partial charge in [0.05, 0.1) is 4.92 Å². The molecular weight excluding hydrogens is 262 g/mol. The predicted molar refractivity (Wildman–Crippen MR) is 70.0 cm³/mol. The molecule has 0 saturated carbocycles. The summed E-state index contributed by atoms with van der Waals surface area (Å²) in [5.41, 5.74) is 1.04. The maximum Gasteiger partial charge on any atom is 0.269 e. The fourth-order valence-corrected chi connectivity index (χ4v) is 1.47. The summed E-state index contributed by atoms with van der Waals surface area (Å²) >= 11 is 0. The van der Waals surface area contributed by atoms with Gasteiger partial charge in [0.1, 0.15) is 6.61 Å². The Morgan fingerprint density at radius 3 is 2.20 bits per heavy atom. The Balaban J connectivity index is 1.94. The van der Waals surface area contributed by atoms with E-state index in [1.165, 1.54) is 12.1 Å². The summed E-state index contributed by atoms with van der Waals surface area (Å²) in [6.07, 6.45) is 0. The molecule has 0 aliphatic heterocycles. The number of non-ortho nitro benzene ring substituents is 1. The van der Waals surface area contributed by atoms with Crippen molar-refractivity contribution < 1.29 is 14.6 Å². The molecule has 0 N–H and O–H groups in total. The summed E-state index contributed by atoms with van der Waals surface area (Å²) in [7, 11) is 0. The van der Waals surface area contributed by atoms with Gasteiger partial charge in [-0.2, -0.15) is 0 Å². The van der Waals surface area contributed by atoms with Crippen LogP contribution in [0.5, 0.6) is 0 Å².